The van der Waals surface area contributed by atoms with Crippen molar-refractivity contribution in [2.45, 2.75) is 25.9 Å². The molecule has 0 radical (unpaired) electrons. The first kappa shape index (κ1) is 16.1. The molecule has 1 fully saturated rings. The second-order valence-corrected chi connectivity index (χ2v) is 6.01. The number of nitriles is 1. The van der Waals surface area contributed by atoms with Crippen LogP contribution < -0.4 is 4.74 Å². The Morgan fingerprint density at radius 2 is 1.58 bits per heavy atom. The fourth-order valence-corrected chi connectivity index (χ4v) is 2.91. The van der Waals surface area contributed by atoms with Gasteiger partial charge in [0.15, 0.2) is 6.10 Å². The Morgan fingerprint density at radius 1 is 1.04 bits per heavy atom. The lowest BCUT2D eigenvalue weighted by Crippen LogP contribution is -2.38. The summed E-state index contributed by atoms with van der Waals surface area (Å²) in [6.07, 6.45) is 1.69. The zero-order valence-corrected chi connectivity index (χ0v) is 13.7. The van der Waals surface area contributed by atoms with E-state index in [1.165, 1.54) is 0 Å². The van der Waals surface area contributed by atoms with Gasteiger partial charge in [0.05, 0.1) is 11.6 Å². The molecule has 0 spiro atoms. The minimum absolute atomic E-state index is 0.0590. The van der Waals surface area contributed by atoms with Crippen LogP contribution in [0.3, 0.4) is 0 Å². The van der Waals surface area contributed by atoms with Crippen molar-refractivity contribution in [3.8, 4) is 22.9 Å². The fourth-order valence-electron chi connectivity index (χ4n) is 2.91. The molecule has 2 aromatic carbocycles. The van der Waals surface area contributed by atoms with Crippen molar-refractivity contribution < 1.29 is 9.53 Å². The van der Waals surface area contributed by atoms with Crippen LogP contribution in [-0.4, -0.2) is 30.0 Å². The van der Waals surface area contributed by atoms with Gasteiger partial charge in [-0.05, 0) is 55.2 Å². The van der Waals surface area contributed by atoms with E-state index in [0.29, 0.717) is 11.3 Å². The largest absolute Gasteiger partial charge is 0.481 e. The van der Waals surface area contributed by atoms with Crippen molar-refractivity contribution in [3.05, 3.63) is 54.1 Å². The van der Waals surface area contributed by atoms with Gasteiger partial charge in [0.2, 0.25) is 0 Å². The fraction of sp³-hybridized carbons (Fsp3) is 0.300. The summed E-state index contributed by atoms with van der Waals surface area (Å²) in [4.78, 5) is 14.1. The summed E-state index contributed by atoms with van der Waals surface area (Å²) in [5.41, 5.74) is 2.74. The molecule has 0 N–H and O–H groups in total. The summed E-state index contributed by atoms with van der Waals surface area (Å²) in [6.45, 7) is 3.48. The van der Waals surface area contributed by atoms with E-state index >= 15 is 0 Å². The molecule has 24 heavy (non-hydrogen) atoms. The molecule has 122 valence electrons. The number of ether oxygens (including phenoxy) is 1. The molecule has 0 aliphatic carbocycles. The Morgan fingerprint density at radius 3 is 2.12 bits per heavy atom. The highest BCUT2D eigenvalue weighted by molar-refractivity contribution is 5.81. The van der Waals surface area contributed by atoms with Crippen LogP contribution in [0, 0.1) is 11.3 Å². The topological polar surface area (TPSA) is 53.3 Å². The third-order valence-corrected chi connectivity index (χ3v) is 4.28. The molecule has 1 atom stereocenters. The molecule has 0 saturated carbocycles. The van der Waals surface area contributed by atoms with Gasteiger partial charge in [0.1, 0.15) is 5.75 Å². The number of benzene rings is 2. The first-order valence-electron chi connectivity index (χ1n) is 8.23. The molecule has 1 saturated heterocycles. The van der Waals surface area contributed by atoms with E-state index < -0.39 is 6.10 Å². The predicted octanol–water partition coefficient (Wildman–Crippen LogP) is 3.61. The van der Waals surface area contributed by atoms with Crippen LogP contribution in [0.5, 0.6) is 5.75 Å². The average molecular weight is 320 g/mol. The highest BCUT2D eigenvalue weighted by Gasteiger charge is 2.24. The van der Waals surface area contributed by atoms with Crippen molar-refractivity contribution in [1.82, 2.24) is 4.90 Å². The number of rotatable bonds is 4. The SMILES string of the molecule is C[C@H](Oc1ccc(-c2ccc(C#N)cc2)cc1)C(=O)N1CCCC1. The maximum absolute atomic E-state index is 12.3. The van der Waals surface area contributed by atoms with Gasteiger partial charge in [-0.15, -0.1) is 0 Å². The smallest absolute Gasteiger partial charge is 0.263 e. The van der Waals surface area contributed by atoms with Crippen LogP contribution in [0.25, 0.3) is 11.1 Å². The molecular formula is C20H20N2O2. The first-order chi connectivity index (χ1) is 11.7. The lowest BCUT2D eigenvalue weighted by atomic mass is 10.0. The van der Waals surface area contributed by atoms with Crippen LogP contribution in [0.4, 0.5) is 0 Å². The number of carbonyl (C=O) groups is 1. The van der Waals surface area contributed by atoms with Crippen LogP contribution >= 0.6 is 0 Å². The van der Waals surface area contributed by atoms with Crippen LogP contribution in [0.15, 0.2) is 48.5 Å². The molecule has 4 nitrogen and oxygen atoms in total. The molecule has 0 unspecified atom stereocenters. The monoisotopic (exact) mass is 320 g/mol. The molecule has 0 bridgehead atoms. The van der Waals surface area contributed by atoms with Gasteiger partial charge in [0, 0.05) is 13.1 Å². The molecule has 0 aromatic heterocycles. The van der Waals surface area contributed by atoms with Gasteiger partial charge in [-0.1, -0.05) is 24.3 Å². The van der Waals surface area contributed by atoms with Gasteiger partial charge in [-0.3, -0.25) is 4.79 Å². The third-order valence-electron chi connectivity index (χ3n) is 4.28. The van der Waals surface area contributed by atoms with Gasteiger partial charge < -0.3 is 9.64 Å². The third kappa shape index (κ3) is 3.57. The van der Waals surface area contributed by atoms with Crippen LogP contribution in [-0.2, 0) is 4.79 Å². The van der Waals surface area contributed by atoms with Crippen molar-refractivity contribution in [2.75, 3.05) is 13.1 Å². The van der Waals surface area contributed by atoms with E-state index in [4.69, 9.17) is 10.00 Å². The van der Waals surface area contributed by atoms with Gasteiger partial charge in [-0.2, -0.15) is 5.26 Å². The first-order valence-corrected chi connectivity index (χ1v) is 8.23. The van der Waals surface area contributed by atoms with Crippen LogP contribution in [0.2, 0.25) is 0 Å². The molecule has 2 aromatic rings. The number of amides is 1. The molecule has 1 amide bonds. The van der Waals surface area contributed by atoms with E-state index in [-0.39, 0.29) is 5.91 Å². The molecule has 1 aliphatic rings. The Labute approximate surface area is 142 Å². The summed E-state index contributed by atoms with van der Waals surface area (Å²) in [5, 5.41) is 8.85. The Balaban J connectivity index is 1.65. The normalized spacial score (nSPS) is 14.9. The van der Waals surface area contributed by atoms with E-state index in [9.17, 15) is 4.79 Å². The van der Waals surface area contributed by atoms with Crippen molar-refractivity contribution in [3.63, 3.8) is 0 Å². The standard InChI is InChI=1S/C20H20N2O2/c1-15(20(23)22-12-2-3-13-22)24-19-10-8-18(9-11-19)17-6-4-16(14-21)5-7-17/h4-11,15H,2-3,12-13H2,1H3/t15-/m0/s1. The van der Waals surface area contributed by atoms with E-state index in [2.05, 4.69) is 6.07 Å². The second-order valence-electron chi connectivity index (χ2n) is 6.01. The lowest BCUT2D eigenvalue weighted by molar-refractivity contribution is -0.136. The Kier molecular flexibility index (Phi) is 4.81. The van der Waals surface area contributed by atoms with Crippen molar-refractivity contribution >= 4 is 5.91 Å². The Hall–Kier alpha value is -2.80. The highest BCUT2D eigenvalue weighted by atomic mass is 16.5. The molecule has 3 rings (SSSR count). The summed E-state index contributed by atoms with van der Waals surface area (Å²) in [6, 6.07) is 17.2. The molecular weight excluding hydrogens is 300 g/mol. The maximum atomic E-state index is 12.3. The Bertz CT molecular complexity index is 739. The van der Waals surface area contributed by atoms with Crippen molar-refractivity contribution in [2.24, 2.45) is 0 Å². The van der Waals surface area contributed by atoms with Gasteiger partial charge >= 0.3 is 0 Å². The summed E-state index contributed by atoms with van der Waals surface area (Å²) in [5.74, 6) is 0.746. The molecule has 1 aliphatic heterocycles. The highest BCUT2D eigenvalue weighted by Crippen LogP contribution is 2.23. The summed E-state index contributed by atoms with van der Waals surface area (Å²) < 4.78 is 5.78. The predicted molar refractivity (Wildman–Crippen MR) is 92.5 cm³/mol. The van der Waals surface area contributed by atoms with E-state index in [0.717, 1.165) is 37.1 Å². The molecule has 1 heterocycles. The zero-order chi connectivity index (χ0) is 16.9. The van der Waals surface area contributed by atoms with Gasteiger partial charge in [0.25, 0.3) is 5.91 Å². The van der Waals surface area contributed by atoms with E-state index in [1.54, 1.807) is 19.1 Å². The second kappa shape index (κ2) is 7.18. The average Bonchev–Trinajstić information content (AvgIpc) is 3.16. The number of carbonyl (C=O) groups excluding carboxylic acids is 1. The molecule has 4 heteroatoms. The number of nitrogens with zero attached hydrogens (tertiary/aromatic N) is 2. The van der Waals surface area contributed by atoms with E-state index in [1.807, 2.05) is 41.3 Å². The lowest BCUT2D eigenvalue weighted by Gasteiger charge is -2.21. The number of likely N-dealkylation sites (tertiary alicyclic amines) is 1. The van der Waals surface area contributed by atoms with Crippen LogP contribution in [0.1, 0.15) is 25.3 Å². The summed E-state index contributed by atoms with van der Waals surface area (Å²) >= 11 is 0. The number of hydrogen-bond donors (Lipinski definition) is 0. The van der Waals surface area contributed by atoms with Gasteiger partial charge in [-0.25, -0.2) is 0 Å². The quantitative estimate of drug-likeness (QED) is 0.864. The van der Waals surface area contributed by atoms with Crippen molar-refractivity contribution in [1.29, 1.82) is 5.26 Å². The minimum Gasteiger partial charge on any atom is -0.481 e. The zero-order valence-electron chi connectivity index (χ0n) is 13.7. The minimum atomic E-state index is -0.469. The summed E-state index contributed by atoms with van der Waals surface area (Å²) in [7, 11) is 0. The number of hydrogen-bond acceptors (Lipinski definition) is 3. The maximum Gasteiger partial charge on any atom is 0.263 e.